The molecule has 0 aromatic carbocycles. The van der Waals surface area contributed by atoms with Gasteiger partial charge < -0.3 is 15.7 Å². The van der Waals surface area contributed by atoms with Crippen LogP contribution in [0.3, 0.4) is 0 Å². The zero-order valence-electron chi connectivity index (χ0n) is 21.0. The normalized spacial score (nSPS) is 41.9. The van der Waals surface area contributed by atoms with Crippen LogP contribution in [-0.4, -0.2) is 35.3 Å². The molecule has 5 rings (SSSR count). The molecular weight excluding hydrogens is 440 g/mol. The Balaban J connectivity index is 1.39. The van der Waals surface area contributed by atoms with E-state index in [-0.39, 0.29) is 29.4 Å². The number of aliphatic hydroxyl groups excluding tert-OH is 1. The number of carbonyl (C=O) groups is 3. The van der Waals surface area contributed by atoms with Gasteiger partial charge in [-0.3, -0.25) is 14.4 Å². The van der Waals surface area contributed by atoms with Gasteiger partial charge in [0.05, 0.1) is 6.04 Å². The molecule has 2 saturated carbocycles. The molecule has 35 heavy (non-hydrogen) atoms. The van der Waals surface area contributed by atoms with E-state index in [2.05, 4.69) is 36.6 Å². The molecule has 0 radical (unpaired) electrons. The van der Waals surface area contributed by atoms with E-state index in [1.54, 1.807) is 6.08 Å². The summed E-state index contributed by atoms with van der Waals surface area (Å²) in [6.45, 7) is 5.19. The lowest BCUT2D eigenvalue weighted by Gasteiger charge is -2.35. The van der Waals surface area contributed by atoms with Gasteiger partial charge in [-0.05, 0) is 91.9 Å². The van der Waals surface area contributed by atoms with Gasteiger partial charge in [0.2, 0.25) is 5.91 Å². The van der Waals surface area contributed by atoms with Crippen molar-refractivity contribution in [1.82, 2.24) is 10.6 Å². The number of hydrogen-bond acceptors (Lipinski definition) is 4. The Hall–Kier alpha value is -2.37. The Kier molecular flexibility index (Phi) is 6.91. The molecule has 0 aromatic heterocycles. The van der Waals surface area contributed by atoms with Gasteiger partial charge in [-0.15, -0.1) is 0 Å². The van der Waals surface area contributed by atoms with Crippen molar-refractivity contribution in [3.63, 3.8) is 0 Å². The lowest BCUT2D eigenvalue weighted by molar-refractivity contribution is -0.122. The molecule has 3 aliphatic carbocycles. The Morgan fingerprint density at radius 2 is 1.80 bits per heavy atom. The van der Waals surface area contributed by atoms with Crippen LogP contribution in [0, 0.1) is 47.3 Å². The second-order valence-electron chi connectivity index (χ2n) is 11.6. The van der Waals surface area contributed by atoms with Crippen molar-refractivity contribution in [2.24, 2.45) is 47.3 Å². The van der Waals surface area contributed by atoms with Crippen molar-refractivity contribution in [3.05, 3.63) is 35.6 Å². The molecule has 2 amide bonds. The summed E-state index contributed by atoms with van der Waals surface area (Å²) in [6, 6.07) is -0.540. The van der Waals surface area contributed by atoms with Gasteiger partial charge in [0.15, 0.2) is 5.78 Å². The van der Waals surface area contributed by atoms with Gasteiger partial charge >= 0.3 is 0 Å². The summed E-state index contributed by atoms with van der Waals surface area (Å²) < 4.78 is 0. The number of aliphatic hydroxyl groups is 1. The number of nitrogens with one attached hydrogen (secondary N) is 2. The van der Waals surface area contributed by atoms with Crippen molar-refractivity contribution in [3.8, 4) is 0 Å². The van der Waals surface area contributed by atoms with Crippen LogP contribution < -0.4 is 10.6 Å². The van der Waals surface area contributed by atoms with E-state index >= 15 is 0 Å². The molecule has 0 aromatic rings. The van der Waals surface area contributed by atoms with E-state index in [1.807, 2.05) is 6.08 Å². The first-order valence-electron chi connectivity index (χ1n) is 13.8. The SMILES string of the molecule is CC[C@H]1[C@@H]2C=C[C@@H]3[C@H]4CC=CC(=O)NCCC[C@@H]5NC(=O)C(=C5O)C(=O)CC[C@@H]4C[C@@H]3[C@H]2C[C@H]1C. The highest BCUT2D eigenvalue weighted by molar-refractivity contribution is 6.21. The third kappa shape index (κ3) is 4.49. The Bertz CT molecular complexity index is 966. The van der Waals surface area contributed by atoms with Gasteiger partial charge in [0, 0.05) is 13.0 Å². The zero-order chi connectivity index (χ0) is 24.7. The van der Waals surface area contributed by atoms with Crippen molar-refractivity contribution in [2.75, 3.05) is 6.54 Å². The predicted molar refractivity (Wildman–Crippen MR) is 134 cm³/mol. The number of allylic oxidation sites excluding steroid dienone is 3. The third-order valence-electron chi connectivity index (χ3n) is 9.90. The smallest absolute Gasteiger partial charge is 0.259 e. The van der Waals surface area contributed by atoms with Crippen LogP contribution in [0.5, 0.6) is 0 Å². The maximum atomic E-state index is 13.1. The number of rotatable bonds is 1. The van der Waals surface area contributed by atoms with Crippen LogP contribution in [0.25, 0.3) is 0 Å². The van der Waals surface area contributed by atoms with Gasteiger partial charge in [0.25, 0.3) is 5.91 Å². The molecule has 2 heterocycles. The van der Waals surface area contributed by atoms with E-state index in [0.29, 0.717) is 54.9 Å². The quantitative estimate of drug-likeness (QED) is 0.386. The average molecular weight is 481 g/mol. The van der Waals surface area contributed by atoms with Gasteiger partial charge in [-0.1, -0.05) is 38.5 Å². The molecule has 5 aliphatic rings. The molecule has 2 bridgehead atoms. The van der Waals surface area contributed by atoms with Crippen LogP contribution in [0.15, 0.2) is 35.6 Å². The lowest BCUT2D eigenvalue weighted by atomic mass is 9.69. The lowest BCUT2D eigenvalue weighted by Crippen LogP contribution is -2.31. The first-order chi connectivity index (χ1) is 16.9. The van der Waals surface area contributed by atoms with E-state index in [0.717, 1.165) is 31.1 Å². The molecule has 190 valence electrons. The van der Waals surface area contributed by atoms with Gasteiger partial charge in [-0.25, -0.2) is 0 Å². The highest BCUT2D eigenvalue weighted by Crippen LogP contribution is 2.59. The van der Waals surface area contributed by atoms with Gasteiger partial charge in [0.1, 0.15) is 11.3 Å². The fraction of sp³-hybridized carbons (Fsp3) is 0.690. The number of hydrogen-bond donors (Lipinski definition) is 3. The van der Waals surface area contributed by atoms with E-state index in [1.165, 1.54) is 12.8 Å². The molecule has 2 aliphatic heterocycles. The summed E-state index contributed by atoms with van der Waals surface area (Å²) in [5.74, 6) is 3.86. The number of ketones is 1. The summed E-state index contributed by atoms with van der Waals surface area (Å²) in [5.41, 5.74) is -0.0478. The summed E-state index contributed by atoms with van der Waals surface area (Å²) in [5, 5.41) is 16.3. The minimum atomic E-state index is -0.540. The monoisotopic (exact) mass is 480 g/mol. The molecule has 9 atom stereocenters. The molecule has 6 heteroatoms. The topological polar surface area (TPSA) is 95.5 Å². The second kappa shape index (κ2) is 9.94. The summed E-state index contributed by atoms with van der Waals surface area (Å²) >= 11 is 0. The molecule has 0 saturated heterocycles. The van der Waals surface area contributed by atoms with Crippen molar-refractivity contribution >= 4 is 17.6 Å². The number of carbonyl (C=O) groups excluding carboxylic acids is 3. The molecular formula is C29H40N2O4. The first-order valence-corrected chi connectivity index (χ1v) is 13.8. The molecule has 0 spiro atoms. The third-order valence-corrected chi connectivity index (χ3v) is 9.90. The van der Waals surface area contributed by atoms with Gasteiger partial charge in [-0.2, -0.15) is 0 Å². The first kappa shape index (κ1) is 24.3. The minimum absolute atomic E-state index is 0.0478. The number of amides is 2. The zero-order valence-corrected chi connectivity index (χ0v) is 21.0. The van der Waals surface area contributed by atoms with Crippen LogP contribution in [0.4, 0.5) is 0 Å². The number of Topliss-reactive ketones (excluding diaryl/α,β-unsaturated/α-hetero) is 1. The molecule has 6 nitrogen and oxygen atoms in total. The number of fused-ring (bicyclic) bond motifs is 6. The van der Waals surface area contributed by atoms with Crippen LogP contribution in [0.2, 0.25) is 0 Å². The maximum absolute atomic E-state index is 13.1. The van der Waals surface area contributed by atoms with Crippen LogP contribution in [0.1, 0.15) is 65.2 Å². The standard InChI is InChI=1S/C29H40N2O4/c1-3-18-16(2)14-22-20(18)10-11-21-19-6-4-8-26(33)30-13-5-7-24-28(34)27(29(35)31-24)25(32)12-9-17(19)15-23(21)22/h4,8,10-11,16-24,34H,3,5-7,9,12-15H2,1-2H3,(H,30,33)(H,31,35)/t16-,17-,18-,19+,20+,21-,22+,23+,24+/m1/s1. The largest absolute Gasteiger partial charge is 0.509 e. The molecule has 3 N–H and O–H groups in total. The van der Waals surface area contributed by atoms with Crippen LogP contribution >= 0.6 is 0 Å². The summed E-state index contributed by atoms with van der Waals surface area (Å²) in [7, 11) is 0. The highest BCUT2D eigenvalue weighted by atomic mass is 16.3. The maximum Gasteiger partial charge on any atom is 0.259 e. The molecule has 2 fully saturated rings. The Labute approximate surface area is 208 Å². The molecule has 0 unspecified atom stereocenters. The van der Waals surface area contributed by atoms with Crippen molar-refractivity contribution < 1.29 is 19.5 Å². The fourth-order valence-corrected chi connectivity index (χ4v) is 8.29. The second-order valence-corrected chi connectivity index (χ2v) is 11.6. The van der Waals surface area contributed by atoms with E-state index in [9.17, 15) is 19.5 Å². The summed E-state index contributed by atoms with van der Waals surface area (Å²) in [6.07, 6.45) is 15.2. The van der Waals surface area contributed by atoms with Crippen molar-refractivity contribution in [1.29, 1.82) is 0 Å². The van der Waals surface area contributed by atoms with Crippen molar-refractivity contribution in [2.45, 2.75) is 71.3 Å². The fourth-order valence-electron chi connectivity index (χ4n) is 8.29. The predicted octanol–water partition coefficient (Wildman–Crippen LogP) is 4.24. The highest BCUT2D eigenvalue weighted by Gasteiger charge is 2.52. The summed E-state index contributed by atoms with van der Waals surface area (Å²) in [4.78, 5) is 37.9. The van der Waals surface area contributed by atoms with Crippen LogP contribution in [-0.2, 0) is 14.4 Å². The van der Waals surface area contributed by atoms with E-state index in [4.69, 9.17) is 0 Å². The minimum Gasteiger partial charge on any atom is -0.509 e. The average Bonchev–Trinajstić information content (AvgIpc) is 3.44. The Morgan fingerprint density at radius 3 is 2.60 bits per heavy atom. The van der Waals surface area contributed by atoms with E-state index < -0.39 is 11.9 Å². The Morgan fingerprint density at radius 1 is 1.03 bits per heavy atom.